The number of pyridine rings is 1. The molecule has 2 rings (SSSR count). The molecule has 7 heteroatoms. The first kappa shape index (κ1) is 15.4. The van der Waals surface area contributed by atoms with Crippen LogP contribution in [0.5, 0.6) is 17.2 Å². The van der Waals surface area contributed by atoms with Gasteiger partial charge in [-0.3, -0.25) is 19.4 Å². The van der Waals surface area contributed by atoms with E-state index in [-0.39, 0.29) is 17.2 Å². The molecule has 1 aromatic heterocycles. The highest BCUT2D eigenvalue weighted by atomic mass is 16.6. The van der Waals surface area contributed by atoms with E-state index in [9.17, 15) is 14.4 Å². The number of esters is 3. The predicted molar refractivity (Wildman–Crippen MR) is 75.7 cm³/mol. The Labute approximate surface area is 125 Å². The van der Waals surface area contributed by atoms with Gasteiger partial charge in [0.25, 0.3) is 0 Å². The fourth-order valence-electron chi connectivity index (χ4n) is 1.90. The van der Waals surface area contributed by atoms with Crippen molar-refractivity contribution in [1.82, 2.24) is 4.98 Å². The Morgan fingerprint density at radius 2 is 1.45 bits per heavy atom. The number of ether oxygens (including phenoxy) is 3. The zero-order valence-corrected chi connectivity index (χ0v) is 12.2. The van der Waals surface area contributed by atoms with Crippen LogP contribution in [0.15, 0.2) is 24.5 Å². The summed E-state index contributed by atoms with van der Waals surface area (Å²) in [4.78, 5) is 37.7. The van der Waals surface area contributed by atoms with E-state index in [1.807, 2.05) is 0 Å². The molecule has 0 spiro atoms. The van der Waals surface area contributed by atoms with Gasteiger partial charge in [0.15, 0.2) is 11.5 Å². The third kappa shape index (κ3) is 3.38. The summed E-state index contributed by atoms with van der Waals surface area (Å²) in [5.41, 5.74) is 0. The van der Waals surface area contributed by atoms with E-state index in [2.05, 4.69) is 4.98 Å². The molecule has 0 N–H and O–H groups in total. The van der Waals surface area contributed by atoms with Crippen LogP contribution in [0.1, 0.15) is 20.8 Å². The van der Waals surface area contributed by atoms with Gasteiger partial charge in [0.1, 0.15) is 5.75 Å². The van der Waals surface area contributed by atoms with Gasteiger partial charge in [-0.2, -0.15) is 0 Å². The maximum absolute atomic E-state index is 11.3. The summed E-state index contributed by atoms with van der Waals surface area (Å²) >= 11 is 0. The summed E-state index contributed by atoms with van der Waals surface area (Å²) in [5, 5.41) is 0.880. The van der Waals surface area contributed by atoms with Crippen molar-refractivity contribution in [3.05, 3.63) is 24.5 Å². The molecule has 2 aromatic rings. The van der Waals surface area contributed by atoms with Crippen molar-refractivity contribution in [3.8, 4) is 17.2 Å². The van der Waals surface area contributed by atoms with E-state index >= 15 is 0 Å². The van der Waals surface area contributed by atoms with Gasteiger partial charge in [0, 0.05) is 50.0 Å². The minimum Gasteiger partial charge on any atom is -0.426 e. The van der Waals surface area contributed by atoms with E-state index in [1.54, 1.807) is 6.07 Å². The van der Waals surface area contributed by atoms with Crippen LogP contribution in [0.2, 0.25) is 0 Å². The van der Waals surface area contributed by atoms with E-state index in [0.717, 1.165) is 0 Å². The van der Waals surface area contributed by atoms with Crippen molar-refractivity contribution in [2.24, 2.45) is 0 Å². The molecule has 0 aliphatic carbocycles. The van der Waals surface area contributed by atoms with Crippen molar-refractivity contribution >= 4 is 28.7 Å². The molecule has 0 aliphatic rings. The number of hydrogen-bond donors (Lipinski definition) is 0. The van der Waals surface area contributed by atoms with Gasteiger partial charge in [0.05, 0.1) is 0 Å². The number of rotatable bonds is 3. The Bertz CT molecular complexity index is 768. The molecule has 22 heavy (non-hydrogen) atoms. The Morgan fingerprint density at radius 3 is 2.05 bits per heavy atom. The monoisotopic (exact) mass is 303 g/mol. The Hall–Kier alpha value is -2.96. The lowest BCUT2D eigenvalue weighted by Gasteiger charge is -2.14. The standard InChI is InChI=1S/C15H13NO6/c1-8(17)20-13-6-14(21-9(2)18)15(22-10(3)19)11-4-5-16-7-12(11)13/h4-7H,1-3H3. The fraction of sp³-hybridized carbons (Fsp3) is 0.200. The molecule has 0 radical (unpaired) electrons. The van der Waals surface area contributed by atoms with Crippen molar-refractivity contribution in [2.45, 2.75) is 20.8 Å². The van der Waals surface area contributed by atoms with Crippen molar-refractivity contribution in [2.75, 3.05) is 0 Å². The molecular weight excluding hydrogens is 290 g/mol. The summed E-state index contributed by atoms with van der Waals surface area (Å²) < 4.78 is 15.3. The lowest BCUT2D eigenvalue weighted by Crippen LogP contribution is -2.09. The minimum atomic E-state index is -0.601. The average Bonchev–Trinajstić information content (AvgIpc) is 2.41. The van der Waals surface area contributed by atoms with Crippen molar-refractivity contribution in [3.63, 3.8) is 0 Å². The lowest BCUT2D eigenvalue weighted by atomic mass is 10.1. The zero-order valence-electron chi connectivity index (χ0n) is 12.2. The average molecular weight is 303 g/mol. The quantitative estimate of drug-likeness (QED) is 0.632. The van der Waals surface area contributed by atoms with Crippen LogP contribution < -0.4 is 14.2 Å². The highest BCUT2D eigenvalue weighted by Crippen LogP contribution is 2.41. The first-order valence-corrected chi connectivity index (χ1v) is 6.34. The van der Waals surface area contributed by atoms with Gasteiger partial charge in [-0.1, -0.05) is 0 Å². The molecule has 0 aliphatic heterocycles. The fourth-order valence-corrected chi connectivity index (χ4v) is 1.90. The largest absolute Gasteiger partial charge is 0.426 e. The number of nitrogens with zero attached hydrogens (tertiary/aromatic N) is 1. The van der Waals surface area contributed by atoms with E-state index in [0.29, 0.717) is 10.8 Å². The number of benzene rings is 1. The molecule has 114 valence electrons. The molecule has 0 saturated carbocycles. The Kier molecular flexibility index (Phi) is 4.36. The van der Waals surface area contributed by atoms with Crippen LogP contribution >= 0.6 is 0 Å². The molecule has 0 saturated heterocycles. The molecule has 0 fully saturated rings. The van der Waals surface area contributed by atoms with E-state index in [1.165, 1.54) is 39.2 Å². The third-order valence-electron chi connectivity index (χ3n) is 2.57. The normalized spacial score (nSPS) is 10.1. The van der Waals surface area contributed by atoms with Gasteiger partial charge in [-0.25, -0.2) is 0 Å². The Balaban J connectivity index is 2.74. The zero-order chi connectivity index (χ0) is 16.3. The Morgan fingerprint density at radius 1 is 0.864 bits per heavy atom. The molecule has 0 atom stereocenters. The molecule has 0 bridgehead atoms. The van der Waals surface area contributed by atoms with Crippen LogP contribution in [0.3, 0.4) is 0 Å². The first-order chi connectivity index (χ1) is 10.4. The van der Waals surface area contributed by atoms with Crippen LogP contribution in [-0.4, -0.2) is 22.9 Å². The van der Waals surface area contributed by atoms with Gasteiger partial charge in [0.2, 0.25) is 0 Å². The lowest BCUT2D eigenvalue weighted by molar-refractivity contribution is -0.134. The van der Waals surface area contributed by atoms with Gasteiger partial charge < -0.3 is 14.2 Å². The van der Waals surface area contributed by atoms with Gasteiger partial charge >= 0.3 is 17.9 Å². The van der Waals surface area contributed by atoms with Gasteiger partial charge in [-0.05, 0) is 6.07 Å². The second-order valence-electron chi connectivity index (χ2n) is 4.40. The summed E-state index contributed by atoms with van der Waals surface area (Å²) in [7, 11) is 0. The number of aromatic nitrogens is 1. The summed E-state index contributed by atoms with van der Waals surface area (Å²) in [6.07, 6.45) is 2.93. The second-order valence-corrected chi connectivity index (χ2v) is 4.40. The molecular formula is C15H13NO6. The summed E-state index contributed by atoms with van der Waals surface area (Å²) in [6.45, 7) is 3.68. The number of fused-ring (bicyclic) bond motifs is 1. The van der Waals surface area contributed by atoms with Crippen LogP contribution in [0, 0.1) is 0 Å². The highest BCUT2D eigenvalue weighted by Gasteiger charge is 2.19. The SMILES string of the molecule is CC(=O)Oc1cc(OC(C)=O)c2cnccc2c1OC(C)=O. The third-order valence-corrected chi connectivity index (χ3v) is 2.57. The van der Waals surface area contributed by atoms with Crippen LogP contribution in [-0.2, 0) is 14.4 Å². The second kappa shape index (κ2) is 6.21. The molecule has 0 amide bonds. The molecule has 1 heterocycles. The first-order valence-electron chi connectivity index (χ1n) is 6.34. The van der Waals surface area contributed by atoms with Crippen molar-refractivity contribution in [1.29, 1.82) is 0 Å². The maximum atomic E-state index is 11.3. The van der Waals surface area contributed by atoms with Gasteiger partial charge in [-0.15, -0.1) is 0 Å². The number of hydrogen-bond acceptors (Lipinski definition) is 7. The molecule has 1 aromatic carbocycles. The van der Waals surface area contributed by atoms with Crippen LogP contribution in [0.25, 0.3) is 10.8 Å². The maximum Gasteiger partial charge on any atom is 0.308 e. The molecule has 0 unspecified atom stereocenters. The minimum absolute atomic E-state index is 0.0161. The van der Waals surface area contributed by atoms with E-state index in [4.69, 9.17) is 14.2 Å². The molecule has 7 nitrogen and oxygen atoms in total. The van der Waals surface area contributed by atoms with Crippen molar-refractivity contribution < 1.29 is 28.6 Å². The number of carbonyl (C=O) groups excluding carboxylic acids is 3. The summed E-state index contributed by atoms with van der Waals surface area (Å²) in [6, 6.07) is 2.87. The number of carbonyl (C=O) groups is 3. The summed E-state index contributed by atoms with van der Waals surface area (Å²) in [5.74, 6) is -1.52. The predicted octanol–water partition coefficient (Wildman–Crippen LogP) is 2.01. The smallest absolute Gasteiger partial charge is 0.308 e. The highest BCUT2D eigenvalue weighted by molar-refractivity contribution is 5.98. The van der Waals surface area contributed by atoms with E-state index < -0.39 is 17.9 Å². The van der Waals surface area contributed by atoms with Crippen LogP contribution in [0.4, 0.5) is 0 Å². The topological polar surface area (TPSA) is 91.8 Å².